The van der Waals surface area contributed by atoms with Crippen LogP contribution in [0.15, 0.2) is 66.9 Å². The number of methoxy groups -OCH3 is 1. The number of urea groups is 1. The van der Waals surface area contributed by atoms with Gasteiger partial charge in [-0.2, -0.15) is 0 Å². The fourth-order valence-electron chi connectivity index (χ4n) is 3.46. The van der Waals surface area contributed by atoms with Gasteiger partial charge in [-0.25, -0.2) is 9.18 Å². The first-order valence-electron chi connectivity index (χ1n) is 10.7. The van der Waals surface area contributed by atoms with E-state index in [4.69, 9.17) is 4.74 Å². The lowest BCUT2D eigenvalue weighted by molar-refractivity contribution is 0.206. The van der Waals surface area contributed by atoms with Gasteiger partial charge in [0.2, 0.25) is 0 Å². The molecule has 31 heavy (non-hydrogen) atoms. The first kappa shape index (κ1) is 22.4. The molecule has 6 heteroatoms. The summed E-state index contributed by atoms with van der Waals surface area (Å²) in [5, 5.41) is 2.98. The lowest BCUT2D eigenvalue weighted by atomic mass is 10.2. The number of benzene rings is 2. The normalized spacial score (nSPS) is 10.7. The van der Waals surface area contributed by atoms with Gasteiger partial charge < -0.3 is 19.5 Å². The molecule has 0 aliphatic rings. The Balaban J connectivity index is 1.71. The van der Waals surface area contributed by atoms with Crippen molar-refractivity contribution in [1.82, 2.24) is 9.47 Å². The van der Waals surface area contributed by atoms with Gasteiger partial charge in [0.1, 0.15) is 11.6 Å². The number of unbranched alkanes of at least 4 members (excludes halogenated alkanes) is 2. The lowest BCUT2D eigenvalue weighted by Crippen LogP contribution is -2.36. The van der Waals surface area contributed by atoms with E-state index >= 15 is 0 Å². The number of amides is 2. The van der Waals surface area contributed by atoms with Gasteiger partial charge in [-0.1, -0.05) is 31.9 Å². The number of rotatable bonds is 10. The van der Waals surface area contributed by atoms with Crippen LogP contribution in [-0.2, 0) is 13.1 Å². The second-order valence-electron chi connectivity index (χ2n) is 7.54. The van der Waals surface area contributed by atoms with Crippen LogP contribution in [0.3, 0.4) is 0 Å². The van der Waals surface area contributed by atoms with E-state index in [1.807, 2.05) is 53.6 Å². The van der Waals surface area contributed by atoms with Crippen molar-refractivity contribution in [2.75, 3.05) is 19.0 Å². The molecule has 0 radical (unpaired) electrons. The fourth-order valence-corrected chi connectivity index (χ4v) is 3.46. The third kappa shape index (κ3) is 6.60. The van der Waals surface area contributed by atoms with E-state index in [1.165, 1.54) is 6.07 Å². The molecule has 0 fully saturated rings. The van der Waals surface area contributed by atoms with Crippen molar-refractivity contribution < 1.29 is 13.9 Å². The second-order valence-corrected chi connectivity index (χ2v) is 7.54. The van der Waals surface area contributed by atoms with E-state index in [-0.39, 0.29) is 11.8 Å². The molecule has 3 aromatic rings. The summed E-state index contributed by atoms with van der Waals surface area (Å²) in [6.07, 6.45) is 5.06. The SMILES string of the molecule is CCCCCN(Cc1cccn1Cc1cccc(F)c1)C(=O)Nc1ccc(OC)cc1. The molecular formula is C25H30FN3O2. The Kier molecular flexibility index (Phi) is 8.10. The smallest absolute Gasteiger partial charge is 0.322 e. The number of nitrogens with zero attached hydrogens (tertiary/aromatic N) is 2. The monoisotopic (exact) mass is 423 g/mol. The zero-order chi connectivity index (χ0) is 22.1. The highest BCUT2D eigenvalue weighted by Gasteiger charge is 2.16. The maximum Gasteiger partial charge on any atom is 0.322 e. The number of aromatic nitrogens is 1. The van der Waals surface area contributed by atoms with Crippen LogP contribution in [0.1, 0.15) is 37.4 Å². The third-order valence-electron chi connectivity index (χ3n) is 5.18. The van der Waals surface area contributed by atoms with E-state index in [9.17, 15) is 9.18 Å². The Morgan fingerprint density at radius 1 is 1.10 bits per heavy atom. The summed E-state index contributed by atoms with van der Waals surface area (Å²) >= 11 is 0. The predicted molar refractivity (Wildman–Crippen MR) is 122 cm³/mol. The molecule has 3 rings (SSSR count). The zero-order valence-corrected chi connectivity index (χ0v) is 18.2. The van der Waals surface area contributed by atoms with Crippen molar-refractivity contribution in [2.45, 2.75) is 39.3 Å². The number of carbonyl (C=O) groups is 1. The van der Waals surface area contributed by atoms with E-state index < -0.39 is 0 Å². The molecule has 0 atom stereocenters. The predicted octanol–water partition coefficient (Wildman–Crippen LogP) is 5.91. The average Bonchev–Trinajstić information content (AvgIpc) is 3.20. The molecule has 0 spiro atoms. The van der Waals surface area contributed by atoms with Crippen molar-refractivity contribution in [1.29, 1.82) is 0 Å². The molecule has 0 aliphatic carbocycles. The number of hydrogen-bond acceptors (Lipinski definition) is 2. The Labute approximate surface area is 183 Å². The van der Waals surface area contributed by atoms with Crippen molar-refractivity contribution in [3.63, 3.8) is 0 Å². The summed E-state index contributed by atoms with van der Waals surface area (Å²) in [5.74, 6) is 0.499. The van der Waals surface area contributed by atoms with Gasteiger partial charge in [0.05, 0.1) is 13.7 Å². The standard InChI is InChI=1S/C25H30FN3O2/c1-3-4-5-15-29(25(30)27-22-11-13-24(31-2)14-12-22)19-23-10-7-16-28(23)18-20-8-6-9-21(26)17-20/h6-14,16-17H,3-5,15,18-19H2,1-2H3,(H,27,30). The number of carbonyl (C=O) groups excluding carboxylic acids is 1. The molecule has 164 valence electrons. The van der Waals surface area contributed by atoms with E-state index in [2.05, 4.69) is 16.8 Å². The summed E-state index contributed by atoms with van der Waals surface area (Å²) in [5.41, 5.74) is 2.62. The highest BCUT2D eigenvalue weighted by molar-refractivity contribution is 5.89. The Morgan fingerprint density at radius 2 is 1.90 bits per heavy atom. The summed E-state index contributed by atoms with van der Waals surface area (Å²) < 4.78 is 20.8. The summed E-state index contributed by atoms with van der Waals surface area (Å²) in [4.78, 5) is 14.9. The fraction of sp³-hybridized carbons (Fsp3) is 0.320. The Hall–Kier alpha value is -3.28. The van der Waals surface area contributed by atoms with Gasteiger partial charge in [0.25, 0.3) is 0 Å². The zero-order valence-electron chi connectivity index (χ0n) is 18.2. The summed E-state index contributed by atoms with van der Waals surface area (Å²) in [6, 6.07) is 17.7. The van der Waals surface area contributed by atoms with Gasteiger partial charge in [-0.3, -0.25) is 0 Å². The first-order chi connectivity index (χ1) is 15.1. The number of nitrogens with one attached hydrogen (secondary N) is 1. The van der Waals surface area contributed by atoms with Crippen molar-refractivity contribution in [2.24, 2.45) is 0 Å². The molecule has 1 N–H and O–H groups in total. The van der Waals surface area contributed by atoms with Crippen LogP contribution in [0.5, 0.6) is 5.75 Å². The van der Waals surface area contributed by atoms with Crippen molar-refractivity contribution in [3.05, 3.63) is 83.9 Å². The highest BCUT2D eigenvalue weighted by Crippen LogP contribution is 2.17. The maximum absolute atomic E-state index is 13.6. The average molecular weight is 424 g/mol. The molecule has 0 bridgehead atoms. The number of hydrogen-bond donors (Lipinski definition) is 1. The van der Waals surface area contributed by atoms with Gasteiger partial charge >= 0.3 is 6.03 Å². The van der Waals surface area contributed by atoms with Crippen LogP contribution in [0.4, 0.5) is 14.9 Å². The minimum absolute atomic E-state index is 0.139. The molecule has 0 saturated heterocycles. The number of ether oxygens (including phenoxy) is 1. The molecule has 1 aromatic heterocycles. The number of anilines is 1. The minimum atomic E-state index is -0.244. The van der Waals surface area contributed by atoms with Gasteiger partial charge in [0, 0.05) is 30.7 Å². The second kappa shape index (κ2) is 11.2. The largest absolute Gasteiger partial charge is 0.497 e. The van der Waals surface area contributed by atoms with Crippen LogP contribution < -0.4 is 10.1 Å². The Morgan fingerprint density at radius 3 is 2.61 bits per heavy atom. The van der Waals surface area contributed by atoms with Crippen molar-refractivity contribution in [3.8, 4) is 5.75 Å². The van der Waals surface area contributed by atoms with Crippen LogP contribution in [0, 0.1) is 5.82 Å². The van der Waals surface area contributed by atoms with Gasteiger partial charge in [-0.05, 0) is 60.5 Å². The van der Waals surface area contributed by atoms with Crippen LogP contribution in [0.25, 0.3) is 0 Å². The van der Waals surface area contributed by atoms with E-state index in [0.717, 1.165) is 42.0 Å². The molecule has 1 heterocycles. The molecule has 0 aliphatic heterocycles. The molecular weight excluding hydrogens is 393 g/mol. The summed E-state index contributed by atoms with van der Waals surface area (Å²) in [7, 11) is 1.61. The van der Waals surface area contributed by atoms with E-state index in [0.29, 0.717) is 19.6 Å². The van der Waals surface area contributed by atoms with E-state index in [1.54, 1.807) is 19.2 Å². The number of halogens is 1. The minimum Gasteiger partial charge on any atom is -0.497 e. The highest BCUT2D eigenvalue weighted by atomic mass is 19.1. The first-order valence-corrected chi connectivity index (χ1v) is 10.7. The topological polar surface area (TPSA) is 46.5 Å². The Bertz CT molecular complexity index is 969. The molecule has 5 nitrogen and oxygen atoms in total. The molecule has 2 amide bonds. The molecule has 0 saturated carbocycles. The lowest BCUT2D eigenvalue weighted by Gasteiger charge is -2.24. The third-order valence-corrected chi connectivity index (χ3v) is 5.18. The quantitative estimate of drug-likeness (QED) is 0.412. The molecule has 0 unspecified atom stereocenters. The van der Waals surface area contributed by atoms with Gasteiger partial charge in [-0.15, -0.1) is 0 Å². The van der Waals surface area contributed by atoms with Crippen molar-refractivity contribution >= 4 is 11.7 Å². The molecule has 2 aromatic carbocycles. The van der Waals surface area contributed by atoms with Crippen LogP contribution in [0.2, 0.25) is 0 Å². The van der Waals surface area contributed by atoms with Crippen LogP contribution >= 0.6 is 0 Å². The van der Waals surface area contributed by atoms with Gasteiger partial charge in [0.15, 0.2) is 0 Å². The maximum atomic E-state index is 13.6. The van der Waals surface area contributed by atoms with Crippen LogP contribution in [-0.4, -0.2) is 29.2 Å². The summed E-state index contributed by atoms with van der Waals surface area (Å²) in [6.45, 7) is 3.85.